The first kappa shape index (κ1) is 22.1. The highest BCUT2D eigenvalue weighted by atomic mass is 32.2. The van der Waals surface area contributed by atoms with Crippen molar-refractivity contribution in [3.8, 4) is 17.5 Å². The van der Waals surface area contributed by atoms with E-state index in [0.29, 0.717) is 17.3 Å². The molecule has 32 heavy (non-hydrogen) atoms. The van der Waals surface area contributed by atoms with E-state index in [1.165, 1.54) is 22.9 Å². The molecule has 2 aromatic carbocycles. The van der Waals surface area contributed by atoms with E-state index in [2.05, 4.69) is 16.4 Å². The van der Waals surface area contributed by atoms with Gasteiger partial charge in [-0.15, -0.1) is 0 Å². The van der Waals surface area contributed by atoms with E-state index < -0.39 is 10.0 Å². The zero-order valence-electron chi connectivity index (χ0n) is 18.0. The molecular weight excluding hydrogens is 424 g/mol. The highest BCUT2D eigenvalue weighted by Crippen LogP contribution is 2.29. The SMILES string of the molecule is CN(Cc1ccccc1)S(=O)(=O)c1ccc(-c2nc(C#N)c(NC3CCCCC3)o2)cc1. The van der Waals surface area contributed by atoms with Gasteiger partial charge in [0.05, 0.1) is 4.90 Å². The Morgan fingerprint density at radius 3 is 2.44 bits per heavy atom. The Kier molecular flexibility index (Phi) is 6.58. The van der Waals surface area contributed by atoms with Gasteiger partial charge >= 0.3 is 0 Å². The van der Waals surface area contributed by atoms with Gasteiger partial charge in [0, 0.05) is 25.2 Å². The molecule has 4 rings (SSSR count). The number of aromatic nitrogens is 1. The van der Waals surface area contributed by atoms with Crippen LogP contribution in [0.25, 0.3) is 11.5 Å². The second-order valence-corrected chi connectivity index (χ2v) is 10.1. The van der Waals surface area contributed by atoms with Gasteiger partial charge in [-0.25, -0.2) is 8.42 Å². The van der Waals surface area contributed by atoms with Gasteiger partial charge < -0.3 is 9.73 Å². The van der Waals surface area contributed by atoms with Gasteiger partial charge in [0.25, 0.3) is 0 Å². The summed E-state index contributed by atoms with van der Waals surface area (Å²) in [4.78, 5) is 4.48. The van der Waals surface area contributed by atoms with Crippen molar-refractivity contribution in [1.29, 1.82) is 5.26 Å². The number of oxazole rings is 1. The number of sulfonamides is 1. The van der Waals surface area contributed by atoms with Crippen molar-refractivity contribution in [3.05, 3.63) is 65.9 Å². The molecule has 0 spiro atoms. The maximum atomic E-state index is 12.9. The van der Waals surface area contributed by atoms with Crippen molar-refractivity contribution in [2.75, 3.05) is 12.4 Å². The Hall–Kier alpha value is -3.15. The molecule has 8 heteroatoms. The molecule has 7 nitrogen and oxygen atoms in total. The molecule has 1 aromatic heterocycles. The van der Waals surface area contributed by atoms with Gasteiger partial charge in [0.1, 0.15) is 6.07 Å². The molecule has 0 atom stereocenters. The Morgan fingerprint density at radius 1 is 1.09 bits per heavy atom. The molecule has 0 unspecified atom stereocenters. The number of nitriles is 1. The van der Waals surface area contributed by atoms with E-state index in [1.807, 2.05) is 30.3 Å². The highest BCUT2D eigenvalue weighted by Gasteiger charge is 2.23. The van der Waals surface area contributed by atoms with Crippen LogP contribution in [0.3, 0.4) is 0 Å². The molecule has 0 bridgehead atoms. The number of hydrogen-bond acceptors (Lipinski definition) is 6. The molecule has 0 radical (unpaired) electrons. The fourth-order valence-corrected chi connectivity index (χ4v) is 5.08. The van der Waals surface area contributed by atoms with Crippen LogP contribution in [-0.4, -0.2) is 30.8 Å². The lowest BCUT2D eigenvalue weighted by atomic mass is 9.95. The number of rotatable bonds is 7. The van der Waals surface area contributed by atoms with E-state index in [-0.39, 0.29) is 23.2 Å². The lowest BCUT2D eigenvalue weighted by Gasteiger charge is -2.22. The van der Waals surface area contributed by atoms with E-state index >= 15 is 0 Å². The molecular formula is C24H26N4O3S. The molecule has 0 saturated heterocycles. The molecule has 1 N–H and O–H groups in total. The fraction of sp³-hybridized carbons (Fsp3) is 0.333. The lowest BCUT2D eigenvalue weighted by Crippen LogP contribution is -2.26. The molecule has 0 aliphatic heterocycles. The Bertz CT molecular complexity index is 1190. The fourth-order valence-electron chi connectivity index (χ4n) is 3.92. The summed E-state index contributed by atoms with van der Waals surface area (Å²) < 4.78 is 33.1. The number of anilines is 1. The summed E-state index contributed by atoms with van der Waals surface area (Å²) in [5.41, 5.74) is 1.74. The van der Waals surface area contributed by atoms with Crippen LogP contribution >= 0.6 is 0 Å². The summed E-state index contributed by atoms with van der Waals surface area (Å²) in [5, 5.41) is 12.8. The number of nitrogens with one attached hydrogen (secondary N) is 1. The van der Waals surface area contributed by atoms with Crippen molar-refractivity contribution < 1.29 is 12.8 Å². The van der Waals surface area contributed by atoms with Crippen molar-refractivity contribution in [1.82, 2.24) is 9.29 Å². The zero-order chi connectivity index (χ0) is 22.6. The largest absolute Gasteiger partial charge is 0.419 e. The minimum atomic E-state index is -3.65. The molecule has 166 valence electrons. The van der Waals surface area contributed by atoms with E-state index in [1.54, 1.807) is 19.2 Å². The molecule has 0 amide bonds. The second kappa shape index (κ2) is 9.55. The number of benzene rings is 2. The number of hydrogen-bond donors (Lipinski definition) is 1. The summed E-state index contributed by atoms with van der Waals surface area (Å²) in [5.74, 6) is 0.676. The normalized spacial score (nSPS) is 14.9. The van der Waals surface area contributed by atoms with Crippen LogP contribution in [0.4, 0.5) is 5.88 Å². The average molecular weight is 451 g/mol. The number of nitrogens with zero attached hydrogens (tertiary/aromatic N) is 3. The first-order valence-electron chi connectivity index (χ1n) is 10.8. The van der Waals surface area contributed by atoms with Crippen molar-refractivity contribution in [2.24, 2.45) is 0 Å². The van der Waals surface area contributed by atoms with Gasteiger partial charge in [-0.1, -0.05) is 49.6 Å². The summed E-state index contributed by atoms with van der Waals surface area (Å²) >= 11 is 0. The second-order valence-electron chi connectivity index (χ2n) is 8.06. The van der Waals surface area contributed by atoms with Gasteiger partial charge in [-0.05, 0) is 42.7 Å². The van der Waals surface area contributed by atoms with Crippen molar-refractivity contribution in [3.63, 3.8) is 0 Å². The maximum absolute atomic E-state index is 12.9. The minimum absolute atomic E-state index is 0.187. The first-order valence-corrected chi connectivity index (χ1v) is 12.2. The summed E-state index contributed by atoms with van der Waals surface area (Å²) in [6.45, 7) is 0.284. The monoisotopic (exact) mass is 450 g/mol. The third-order valence-corrected chi connectivity index (χ3v) is 7.55. The molecule has 1 aliphatic carbocycles. The van der Waals surface area contributed by atoms with Crippen LogP contribution in [0.15, 0.2) is 63.9 Å². The lowest BCUT2D eigenvalue weighted by molar-refractivity contribution is 0.451. The van der Waals surface area contributed by atoms with Crippen LogP contribution < -0.4 is 5.32 Å². The predicted molar refractivity (Wildman–Crippen MR) is 122 cm³/mol. The van der Waals surface area contributed by atoms with Gasteiger partial charge in [0.15, 0.2) is 0 Å². The van der Waals surface area contributed by atoms with E-state index in [4.69, 9.17) is 4.42 Å². The van der Waals surface area contributed by atoms with E-state index in [0.717, 1.165) is 31.2 Å². The van der Waals surface area contributed by atoms with Gasteiger partial charge in [0.2, 0.25) is 27.5 Å². The third-order valence-electron chi connectivity index (χ3n) is 5.73. The smallest absolute Gasteiger partial charge is 0.243 e. The topological polar surface area (TPSA) is 99.2 Å². The summed E-state index contributed by atoms with van der Waals surface area (Å²) in [6, 6.07) is 18.2. The first-order chi connectivity index (χ1) is 15.5. The quantitative estimate of drug-likeness (QED) is 0.556. The van der Waals surface area contributed by atoms with Crippen LogP contribution in [-0.2, 0) is 16.6 Å². The minimum Gasteiger partial charge on any atom is -0.419 e. The summed E-state index contributed by atoms with van der Waals surface area (Å²) in [6.07, 6.45) is 5.65. The highest BCUT2D eigenvalue weighted by molar-refractivity contribution is 7.89. The zero-order valence-corrected chi connectivity index (χ0v) is 18.8. The van der Waals surface area contributed by atoms with Crippen LogP contribution in [0.2, 0.25) is 0 Å². The maximum Gasteiger partial charge on any atom is 0.243 e. The van der Waals surface area contributed by atoms with Gasteiger partial charge in [-0.3, -0.25) is 0 Å². The Labute approximate surface area is 188 Å². The van der Waals surface area contributed by atoms with Crippen LogP contribution in [0.5, 0.6) is 0 Å². The average Bonchev–Trinajstić information content (AvgIpc) is 3.23. The molecule has 1 heterocycles. The molecule has 1 saturated carbocycles. The van der Waals surface area contributed by atoms with Gasteiger partial charge in [-0.2, -0.15) is 14.6 Å². The summed E-state index contributed by atoms with van der Waals surface area (Å²) in [7, 11) is -2.08. The molecule has 1 aliphatic rings. The van der Waals surface area contributed by atoms with E-state index in [9.17, 15) is 13.7 Å². The predicted octanol–water partition coefficient (Wildman–Crippen LogP) is 4.78. The van der Waals surface area contributed by atoms with Crippen LogP contribution in [0.1, 0.15) is 43.4 Å². The van der Waals surface area contributed by atoms with Crippen LogP contribution in [0, 0.1) is 11.3 Å². The van der Waals surface area contributed by atoms with Crippen molar-refractivity contribution in [2.45, 2.75) is 49.6 Å². The Morgan fingerprint density at radius 2 is 1.78 bits per heavy atom. The standard InChI is InChI=1S/C24H26N4O3S/c1-28(17-18-8-4-2-5-9-18)32(29,30)21-14-12-19(13-15-21)23-27-22(16-25)24(31-23)26-20-10-6-3-7-11-20/h2,4-5,8-9,12-15,20,26H,3,6-7,10-11,17H2,1H3. The molecule has 3 aromatic rings. The third kappa shape index (κ3) is 4.85. The molecule has 1 fully saturated rings. The Balaban J connectivity index is 1.51. The van der Waals surface area contributed by atoms with Crippen molar-refractivity contribution >= 4 is 15.9 Å².